The Balaban J connectivity index is 1.63. The topological polar surface area (TPSA) is 75.7 Å². The minimum absolute atomic E-state index is 0.277. The van der Waals surface area contributed by atoms with Gasteiger partial charge in [-0.2, -0.15) is 4.98 Å². The van der Waals surface area contributed by atoms with Crippen LogP contribution in [0, 0.1) is 5.82 Å². The van der Waals surface area contributed by atoms with E-state index in [1.54, 1.807) is 25.4 Å². The average Bonchev–Trinajstić information content (AvgIpc) is 2.89. The number of halogens is 1. The molecule has 1 aromatic carbocycles. The molecule has 0 spiro atoms. The molecule has 0 aliphatic heterocycles. The van der Waals surface area contributed by atoms with Gasteiger partial charge in [0.15, 0.2) is 0 Å². The largest absolute Gasteiger partial charge is 0.481 e. The molecule has 2 N–H and O–H groups in total. The number of hydrogen-bond acceptors (Lipinski definition) is 5. The SMILES string of the molecule is COc1ccnc(NCCc2nc3ccc(F)cc3[nH]2)n1. The Morgan fingerprint density at radius 1 is 1.29 bits per heavy atom. The molecule has 0 aliphatic rings. The molecule has 0 radical (unpaired) electrons. The predicted molar refractivity (Wildman–Crippen MR) is 76.8 cm³/mol. The molecule has 2 heterocycles. The molecule has 0 bridgehead atoms. The molecule has 0 saturated heterocycles. The molecule has 0 aliphatic carbocycles. The maximum absolute atomic E-state index is 13.1. The van der Waals surface area contributed by atoms with Gasteiger partial charge >= 0.3 is 0 Å². The Labute approximate surface area is 120 Å². The first-order valence-electron chi connectivity index (χ1n) is 6.49. The highest BCUT2D eigenvalue weighted by Gasteiger charge is 2.04. The highest BCUT2D eigenvalue weighted by molar-refractivity contribution is 5.74. The van der Waals surface area contributed by atoms with Crippen molar-refractivity contribution < 1.29 is 9.13 Å². The van der Waals surface area contributed by atoms with Crippen molar-refractivity contribution in [3.63, 3.8) is 0 Å². The zero-order valence-corrected chi connectivity index (χ0v) is 11.4. The van der Waals surface area contributed by atoms with Gasteiger partial charge in [0.25, 0.3) is 0 Å². The van der Waals surface area contributed by atoms with Crippen LogP contribution in [0.2, 0.25) is 0 Å². The van der Waals surface area contributed by atoms with E-state index in [9.17, 15) is 4.39 Å². The molecule has 0 saturated carbocycles. The van der Waals surface area contributed by atoms with Gasteiger partial charge in [0.2, 0.25) is 11.8 Å². The Hall–Kier alpha value is -2.70. The maximum Gasteiger partial charge on any atom is 0.225 e. The number of aromatic amines is 1. The van der Waals surface area contributed by atoms with E-state index < -0.39 is 0 Å². The van der Waals surface area contributed by atoms with Crippen LogP contribution < -0.4 is 10.1 Å². The molecule has 0 fully saturated rings. The van der Waals surface area contributed by atoms with E-state index in [-0.39, 0.29) is 5.82 Å². The number of H-pyrrole nitrogens is 1. The van der Waals surface area contributed by atoms with Crippen LogP contribution in [0.5, 0.6) is 5.88 Å². The van der Waals surface area contributed by atoms with Crippen LogP contribution in [0.15, 0.2) is 30.5 Å². The van der Waals surface area contributed by atoms with Crippen molar-refractivity contribution in [3.05, 3.63) is 42.1 Å². The zero-order chi connectivity index (χ0) is 14.7. The fourth-order valence-electron chi connectivity index (χ4n) is 1.99. The lowest BCUT2D eigenvalue weighted by Crippen LogP contribution is -2.08. The summed E-state index contributed by atoms with van der Waals surface area (Å²) in [6, 6.07) is 6.17. The van der Waals surface area contributed by atoms with Crippen molar-refractivity contribution in [2.75, 3.05) is 19.0 Å². The molecule has 3 aromatic rings. The molecule has 2 aromatic heterocycles. The number of hydrogen-bond donors (Lipinski definition) is 2. The lowest BCUT2D eigenvalue weighted by atomic mass is 10.3. The number of imidazole rings is 1. The summed E-state index contributed by atoms with van der Waals surface area (Å²) in [5.74, 6) is 1.51. The number of fused-ring (bicyclic) bond motifs is 1. The third kappa shape index (κ3) is 3.07. The zero-order valence-electron chi connectivity index (χ0n) is 11.4. The molecule has 0 unspecified atom stereocenters. The quantitative estimate of drug-likeness (QED) is 0.752. The van der Waals surface area contributed by atoms with Crippen molar-refractivity contribution in [1.29, 1.82) is 0 Å². The lowest BCUT2D eigenvalue weighted by molar-refractivity contribution is 0.397. The van der Waals surface area contributed by atoms with Gasteiger partial charge in [-0.3, -0.25) is 0 Å². The number of aromatic nitrogens is 4. The van der Waals surface area contributed by atoms with Gasteiger partial charge in [0.05, 0.1) is 18.1 Å². The van der Waals surface area contributed by atoms with E-state index in [2.05, 4.69) is 25.3 Å². The summed E-state index contributed by atoms with van der Waals surface area (Å²) in [6.45, 7) is 0.607. The van der Waals surface area contributed by atoms with Crippen LogP contribution >= 0.6 is 0 Å². The van der Waals surface area contributed by atoms with Crippen LogP contribution in [0.1, 0.15) is 5.82 Å². The van der Waals surface area contributed by atoms with Gasteiger partial charge in [-0.25, -0.2) is 14.4 Å². The number of rotatable bonds is 5. The summed E-state index contributed by atoms with van der Waals surface area (Å²) in [4.78, 5) is 15.7. The molecule has 108 valence electrons. The van der Waals surface area contributed by atoms with E-state index in [4.69, 9.17) is 4.74 Å². The van der Waals surface area contributed by atoms with Crippen LogP contribution in [0.4, 0.5) is 10.3 Å². The second kappa shape index (κ2) is 5.74. The highest BCUT2D eigenvalue weighted by atomic mass is 19.1. The summed E-state index contributed by atoms with van der Waals surface area (Å²) in [6.07, 6.45) is 2.27. The van der Waals surface area contributed by atoms with Crippen LogP contribution in [0.3, 0.4) is 0 Å². The van der Waals surface area contributed by atoms with Gasteiger partial charge in [0.1, 0.15) is 11.6 Å². The third-order valence-electron chi connectivity index (χ3n) is 2.98. The van der Waals surface area contributed by atoms with E-state index in [0.717, 1.165) is 11.3 Å². The Bertz CT molecular complexity index is 758. The fourth-order valence-corrected chi connectivity index (χ4v) is 1.99. The molecule has 0 atom stereocenters. The Morgan fingerprint density at radius 3 is 3.05 bits per heavy atom. The number of benzene rings is 1. The van der Waals surface area contributed by atoms with Crippen molar-refractivity contribution in [2.24, 2.45) is 0 Å². The Kier molecular flexibility index (Phi) is 3.63. The van der Waals surface area contributed by atoms with Gasteiger partial charge in [-0.1, -0.05) is 0 Å². The summed E-state index contributed by atoms with van der Waals surface area (Å²) < 4.78 is 18.1. The van der Waals surface area contributed by atoms with E-state index in [0.29, 0.717) is 30.3 Å². The second-order valence-electron chi connectivity index (χ2n) is 4.44. The van der Waals surface area contributed by atoms with E-state index in [1.165, 1.54) is 12.1 Å². The number of nitrogens with one attached hydrogen (secondary N) is 2. The van der Waals surface area contributed by atoms with Crippen molar-refractivity contribution in [2.45, 2.75) is 6.42 Å². The van der Waals surface area contributed by atoms with Crippen molar-refractivity contribution in [1.82, 2.24) is 19.9 Å². The molecule has 0 amide bonds. The number of ether oxygens (including phenoxy) is 1. The molecule has 21 heavy (non-hydrogen) atoms. The monoisotopic (exact) mass is 287 g/mol. The fraction of sp³-hybridized carbons (Fsp3) is 0.214. The molecule has 3 rings (SSSR count). The summed E-state index contributed by atoms with van der Waals surface area (Å²) in [5.41, 5.74) is 1.45. The van der Waals surface area contributed by atoms with E-state index >= 15 is 0 Å². The first-order valence-corrected chi connectivity index (χ1v) is 6.49. The number of methoxy groups -OCH3 is 1. The Morgan fingerprint density at radius 2 is 2.19 bits per heavy atom. The number of nitrogens with zero attached hydrogens (tertiary/aromatic N) is 3. The molecule has 7 heteroatoms. The standard InChI is InChI=1S/C14H14FN5O/c1-21-13-5-7-17-14(20-13)16-6-4-12-18-10-3-2-9(15)8-11(10)19-12/h2-3,5,7-8H,4,6H2,1H3,(H,18,19)(H,16,17,20). The smallest absolute Gasteiger partial charge is 0.225 e. The minimum Gasteiger partial charge on any atom is -0.481 e. The maximum atomic E-state index is 13.1. The third-order valence-corrected chi connectivity index (χ3v) is 2.98. The predicted octanol–water partition coefficient (Wildman–Crippen LogP) is 2.16. The van der Waals surface area contributed by atoms with Crippen molar-refractivity contribution >= 4 is 17.0 Å². The van der Waals surface area contributed by atoms with Crippen LogP contribution in [0.25, 0.3) is 11.0 Å². The summed E-state index contributed by atoms with van der Waals surface area (Å²) >= 11 is 0. The van der Waals surface area contributed by atoms with Gasteiger partial charge in [-0.15, -0.1) is 0 Å². The summed E-state index contributed by atoms with van der Waals surface area (Å²) in [7, 11) is 1.56. The summed E-state index contributed by atoms with van der Waals surface area (Å²) in [5, 5.41) is 3.09. The first kappa shape index (κ1) is 13.3. The minimum atomic E-state index is -0.277. The number of anilines is 1. The normalized spacial score (nSPS) is 10.8. The van der Waals surface area contributed by atoms with Crippen LogP contribution in [-0.2, 0) is 6.42 Å². The average molecular weight is 287 g/mol. The lowest BCUT2D eigenvalue weighted by Gasteiger charge is -2.04. The van der Waals surface area contributed by atoms with Gasteiger partial charge in [0, 0.05) is 25.2 Å². The van der Waals surface area contributed by atoms with Crippen molar-refractivity contribution in [3.8, 4) is 5.88 Å². The highest BCUT2D eigenvalue weighted by Crippen LogP contribution is 2.13. The molecular weight excluding hydrogens is 273 g/mol. The molecular formula is C14H14FN5O. The van der Waals surface area contributed by atoms with Gasteiger partial charge in [-0.05, 0) is 18.2 Å². The first-order chi connectivity index (χ1) is 10.2. The second-order valence-corrected chi connectivity index (χ2v) is 4.44. The van der Waals surface area contributed by atoms with Gasteiger partial charge < -0.3 is 15.0 Å². The van der Waals surface area contributed by atoms with E-state index in [1.807, 2.05) is 0 Å². The molecule has 6 nitrogen and oxygen atoms in total. The van der Waals surface area contributed by atoms with Crippen LogP contribution in [-0.4, -0.2) is 33.6 Å².